The van der Waals surface area contributed by atoms with Gasteiger partial charge in [0.15, 0.2) is 0 Å². The molecule has 1 fully saturated rings. The molecular formula is C11H23N3O3S. The first-order valence-corrected chi connectivity index (χ1v) is 7.93. The Hall–Kier alpha value is -0.660. The third kappa shape index (κ3) is 4.55. The molecule has 106 valence electrons. The SMILES string of the molecule is CC(C)CC(CN)NC(=O)CN1CCCS1(=O)=O. The molecule has 0 aliphatic carbocycles. The number of nitrogens with zero attached hydrogens (tertiary/aromatic N) is 1. The Labute approximate surface area is 109 Å². The van der Waals surface area contributed by atoms with Gasteiger partial charge in [-0.25, -0.2) is 8.42 Å². The van der Waals surface area contributed by atoms with Crippen LogP contribution in [0.25, 0.3) is 0 Å². The van der Waals surface area contributed by atoms with Crippen LogP contribution in [0.2, 0.25) is 0 Å². The summed E-state index contributed by atoms with van der Waals surface area (Å²) in [7, 11) is -3.21. The predicted octanol–water partition coefficient (Wildman–Crippen LogP) is -0.488. The summed E-state index contributed by atoms with van der Waals surface area (Å²) in [6.45, 7) is 4.83. The van der Waals surface area contributed by atoms with Crippen LogP contribution in [0.5, 0.6) is 0 Å². The standard InChI is InChI=1S/C11H23N3O3S/c1-9(2)6-10(7-12)13-11(15)8-14-4-3-5-18(14,16)17/h9-10H,3-8,12H2,1-2H3,(H,13,15). The molecule has 1 aliphatic rings. The first-order valence-electron chi connectivity index (χ1n) is 6.32. The number of hydrogen-bond acceptors (Lipinski definition) is 4. The number of carbonyl (C=O) groups is 1. The van der Waals surface area contributed by atoms with Gasteiger partial charge in [-0.1, -0.05) is 13.8 Å². The fourth-order valence-electron chi connectivity index (χ4n) is 2.09. The van der Waals surface area contributed by atoms with Gasteiger partial charge in [0.25, 0.3) is 0 Å². The average Bonchev–Trinajstić information content (AvgIpc) is 2.56. The van der Waals surface area contributed by atoms with Gasteiger partial charge in [0.2, 0.25) is 15.9 Å². The Morgan fingerprint density at radius 2 is 2.11 bits per heavy atom. The molecule has 1 heterocycles. The van der Waals surface area contributed by atoms with Gasteiger partial charge in [-0.05, 0) is 18.8 Å². The van der Waals surface area contributed by atoms with E-state index in [9.17, 15) is 13.2 Å². The topological polar surface area (TPSA) is 92.5 Å². The lowest BCUT2D eigenvalue weighted by Crippen LogP contribution is -2.46. The van der Waals surface area contributed by atoms with Crippen molar-refractivity contribution in [3.05, 3.63) is 0 Å². The minimum Gasteiger partial charge on any atom is -0.351 e. The number of hydrogen-bond donors (Lipinski definition) is 2. The van der Waals surface area contributed by atoms with Crippen molar-refractivity contribution in [1.29, 1.82) is 0 Å². The van der Waals surface area contributed by atoms with Gasteiger partial charge < -0.3 is 11.1 Å². The van der Waals surface area contributed by atoms with Crippen molar-refractivity contribution in [3.63, 3.8) is 0 Å². The quantitative estimate of drug-likeness (QED) is 0.685. The van der Waals surface area contributed by atoms with Crippen LogP contribution in [0.3, 0.4) is 0 Å². The van der Waals surface area contributed by atoms with E-state index in [2.05, 4.69) is 19.2 Å². The van der Waals surface area contributed by atoms with Gasteiger partial charge in [0.05, 0.1) is 12.3 Å². The molecule has 0 spiro atoms. The number of sulfonamides is 1. The fraction of sp³-hybridized carbons (Fsp3) is 0.909. The van der Waals surface area contributed by atoms with Crippen molar-refractivity contribution in [2.24, 2.45) is 11.7 Å². The van der Waals surface area contributed by atoms with Gasteiger partial charge in [-0.15, -0.1) is 0 Å². The number of amides is 1. The lowest BCUT2D eigenvalue weighted by atomic mass is 10.0. The van der Waals surface area contributed by atoms with E-state index in [1.807, 2.05) is 0 Å². The number of carbonyl (C=O) groups excluding carboxylic acids is 1. The highest BCUT2D eigenvalue weighted by Gasteiger charge is 2.30. The number of nitrogens with two attached hydrogens (primary N) is 1. The largest absolute Gasteiger partial charge is 0.351 e. The molecule has 0 bridgehead atoms. The molecule has 3 N–H and O–H groups in total. The van der Waals surface area contributed by atoms with Crippen molar-refractivity contribution in [2.45, 2.75) is 32.7 Å². The molecule has 7 heteroatoms. The highest BCUT2D eigenvalue weighted by Crippen LogP contribution is 2.12. The van der Waals surface area contributed by atoms with Crippen LogP contribution in [0.4, 0.5) is 0 Å². The van der Waals surface area contributed by atoms with E-state index >= 15 is 0 Å². The van der Waals surface area contributed by atoms with E-state index in [-0.39, 0.29) is 24.2 Å². The molecule has 0 aromatic carbocycles. The second kappa shape index (κ2) is 6.49. The van der Waals surface area contributed by atoms with Gasteiger partial charge in [0, 0.05) is 19.1 Å². The van der Waals surface area contributed by atoms with Crippen LogP contribution in [0.1, 0.15) is 26.7 Å². The molecular weight excluding hydrogens is 254 g/mol. The van der Waals surface area contributed by atoms with Crippen LogP contribution in [0.15, 0.2) is 0 Å². The summed E-state index contributed by atoms with van der Waals surface area (Å²) in [4.78, 5) is 11.8. The van der Waals surface area contributed by atoms with E-state index < -0.39 is 10.0 Å². The number of rotatable bonds is 6. The van der Waals surface area contributed by atoms with Crippen molar-refractivity contribution in [3.8, 4) is 0 Å². The molecule has 0 radical (unpaired) electrons. The summed E-state index contributed by atoms with van der Waals surface area (Å²) in [5.74, 6) is 0.318. The smallest absolute Gasteiger partial charge is 0.235 e. The first-order chi connectivity index (χ1) is 8.35. The zero-order valence-electron chi connectivity index (χ0n) is 11.1. The summed E-state index contributed by atoms with van der Waals surface area (Å²) in [5.41, 5.74) is 5.58. The summed E-state index contributed by atoms with van der Waals surface area (Å²) in [5, 5.41) is 2.79. The molecule has 0 saturated carbocycles. The molecule has 1 saturated heterocycles. The first kappa shape index (κ1) is 15.4. The maximum absolute atomic E-state index is 11.8. The molecule has 18 heavy (non-hydrogen) atoms. The Morgan fingerprint density at radius 1 is 1.44 bits per heavy atom. The highest BCUT2D eigenvalue weighted by molar-refractivity contribution is 7.89. The van der Waals surface area contributed by atoms with Gasteiger partial charge in [0.1, 0.15) is 0 Å². The maximum atomic E-state index is 11.8. The lowest BCUT2D eigenvalue weighted by Gasteiger charge is -2.20. The van der Waals surface area contributed by atoms with Crippen LogP contribution in [0, 0.1) is 5.92 Å². The summed E-state index contributed by atoms with van der Waals surface area (Å²) < 4.78 is 24.3. The Balaban J connectivity index is 2.46. The normalized spacial score (nSPS) is 21.1. The molecule has 0 aromatic heterocycles. The van der Waals surface area contributed by atoms with Crippen LogP contribution < -0.4 is 11.1 Å². The van der Waals surface area contributed by atoms with Crippen LogP contribution in [-0.2, 0) is 14.8 Å². The fourth-order valence-corrected chi connectivity index (χ4v) is 3.56. The van der Waals surface area contributed by atoms with Crippen molar-refractivity contribution in [1.82, 2.24) is 9.62 Å². The van der Waals surface area contributed by atoms with E-state index in [1.165, 1.54) is 4.31 Å². The molecule has 0 aromatic rings. The molecule has 1 aliphatic heterocycles. The molecule has 1 rings (SSSR count). The van der Waals surface area contributed by atoms with Crippen molar-refractivity contribution < 1.29 is 13.2 Å². The Morgan fingerprint density at radius 3 is 2.56 bits per heavy atom. The molecule has 1 unspecified atom stereocenters. The summed E-state index contributed by atoms with van der Waals surface area (Å²) in [6, 6.07) is -0.0807. The van der Waals surface area contributed by atoms with E-state index in [0.29, 0.717) is 25.4 Å². The highest BCUT2D eigenvalue weighted by atomic mass is 32.2. The Kier molecular flexibility index (Phi) is 5.55. The van der Waals surface area contributed by atoms with Crippen LogP contribution >= 0.6 is 0 Å². The van der Waals surface area contributed by atoms with Gasteiger partial charge in [-0.3, -0.25) is 4.79 Å². The monoisotopic (exact) mass is 277 g/mol. The van der Waals surface area contributed by atoms with Gasteiger partial charge >= 0.3 is 0 Å². The summed E-state index contributed by atoms with van der Waals surface area (Å²) in [6.07, 6.45) is 1.40. The minimum absolute atomic E-state index is 0.0807. The van der Waals surface area contributed by atoms with Gasteiger partial charge in [-0.2, -0.15) is 4.31 Å². The molecule has 1 atom stereocenters. The Bertz CT molecular complexity index is 381. The summed E-state index contributed by atoms with van der Waals surface area (Å²) >= 11 is 0. The number of nitrogens with one attached hydrogen (secondary N) is 1. The van der Waals surface area contributed by atoms with Crippen molar-refractivity contribution >= 4 is 15.9 Å². The van der Waals surface area contributed by atoms with E-state index in [1.54, 1.807) is 0 Å². The minimum atomic E-state index is -3.21. The zero-order chi connectivity index (χ0) is 13.8. The second-order valence-corrected chi connectivity index (χ2v) is 7.22. The molecule has 1 amide bonds. The average molecular weight is 277 g/mol. The molecule has 6 nitrogen and oxygen atoms in total. The predicted molar refractivity (Wildman–Crippen MR) is 70.4 cm³/mol. The van der Waals surface area contributed by atoms with E-state index in [4.69, 9.17) is 5.73 Å². The second-order valence-electron chi connectivity index (χ2n) is 5.13. The lowest BCUT2D eigenvalue weighted by molar-refractivity contribution is -0.122. The third-order valence-electron chi connectivity index (χ3n) is 2.93. The van der Waals surface area contributed by atoms with Crippen LogP contribution in [-0.4, -0.2) is 50.1 Å². The van der Waals surface area contributed by atoms with E-state index in [0.717, 1.165) is 6.42 Å². The maximum Gasteiger partial charge on any atom is 0.235 e. The van der Waals surface area contributed by atoms with Crippen molar-refractivity contribution in [2.75, 3.05) is 25.4 Å². The third-order valence-corrected chi connectivity index (χ3v) is 4.83. The zero-order valence-corrected chi connectivity index (χ0v) is 11.9.